The van der Waals surface area contributed by atoms with Gasteiger partial charge in [-0.05, 0) is 30.3 Å². The molecule has 0 aliphatic carbocycles. The van der Waals surface area contributed by atoms with Crippen molar-refractivity contribution in [3.63, 3.8) is 0 Å². The zero-order valence-corrected chi connectivity index (χ0v) is 19.0. The minimum absolute atomic E-state index is 0.164. The van der Waals surface area contributed by atoms with Gasteiger partial charge in [-0.3, -0.25) is 14.4 Å². The third-order valence-corrected chi connectivity index (χ3v) is 5.48. The second-order valence-electron chi connectivity index (χ2n) is 7.16. The SMILES string of the molecule is O=C(N[C@@H](C(=O)NN=Cc1ccc(Cl)cc1Cl)c1n[nH]c(=O)c2ccccc12)c1ccccc1. The summed E-state index contributed by atoms with van der Waals surface area (Å²) in [5.41, 5.74) is 3.03. The molecular formula is C24H17Cl2N5O3. The first kappa shape index (κ1) is 23.2. The summed E-state index contributed by atoms with van der Waals surface area (Å²) in [6, 6.07) is 18.6. The van der Waals surface area contributed by atoms with E-state index in [0.717, 1.165) is 0 Å². The first-order valence-corrected chi connectivity index (χ1v) is 10.8. The van der Waals surface area contributed by atoms with E-state index in [-0.39, 0.29) is 5.69 Å². The second-order valence-corrected chi connectivity index (χ2v) is 8.00. The molecule has 0 unspecified atom stereocenters. The third kappa shape index (κ3) is 5.14. The Balaban J connectivity index is 1.67. The highest BCUT2D eigenvalue weighted by atomic mass is 35.5. The maximum Gasteiger partial charge on any atom is 0.272 e. The highest BCUT2D eigenvalue weighted by Gasteiger charge is 2.27. The molecule has 0 fully saturated rings. The quantitative estimate of drug-likeness (QED) is 0.279. The van der Waals surface area contributed by atoms with E-state index in [1.807, 2.05) is 0 Å². The maximum atomic E-state index is 13.1. The van der Waals surface area contributed by atoms with Crippen molar-refractivity contribution in [3.05, 3.63) is 110 Å². The topological polar surface area (TPSA) is 116 Å². The van der Waals surface area contributed by atoms with Crippen LogP contribution in [0, 0.1) is 0 Å². The molecule has 0 saturated heterocycles. The number of carbonyl (C=O) groups is 2. The molecule has 0 bridgehead atoms. The van der Waals surface area contributed by atoms with Crippen LogP contribution in [0.4, 0.5) is 0 Å². The van der Waals surface area contributed by atoms with Gasteiger partial charge in [0, 0.05) is 21.5 Å². The van der Waals surface area contributed by atoms with E-state index >= 15 is 0 Å². The highest BCUT2D eigenvalue weighted by molar-refractivity contribution is 6.36. The number of hydrogen-bond donors (Lipinski definition) is 3. The van der Waals surface area contributed by atoms with Crippen molar-refractivity contribution < 1.29 is 9.59 Å². The molecule has 4 rings (SSSR count). The number of aromatic nitrogens is 2. The Bertz CT molecular complexity index is 1450. The van der Waals surface area contributed by atoms with Gasteiger partial charge in [-0.25, -0.2) is 10.5 Å². The van der Waals surface area contributed by atoms with Crippen molar-refractivity contribution in [3.8, 4) is 0 Å². The number of benzene rings is 3. The number of nitrogens with one attached hydrogen (secondary N) is 3. The fourth-order valence-electron chi connectivity index (χ4n) is 3.25. The summed E-state index contributed by atoms with van der Waals surface area (Å²) < 4.78 is 0. The Kier molecular flexibility index (Phi) is 7.01. The molecule has 3 aromatic carbocycles. The molecule has 34 heavy (non-hydrogen) atoms. The van der Waals surface area contributed by atoms with Gasteiger partial charge in [-0.1, -0.05) is 65.7 Å². The molecule has 10 heteroatoms. The standard InChI is InChI=1S/C24H17Cl2N5O3/c25-16-11-10-15(19(26)12-16)13-27-30-24(34)21(28-22(32)14-6-2-1-3-7-14)20-17-8-4-5-9-18(17)23(33)31-29-20/h1-13,21H,(H,28,32)(H,30,34)(H,31,33)/t21-/m1/s1. The van der Waals surface area contributed by atoms with Crippen LogP contribution in [0.15, 0.2) is 82.7 Å². The van der Waals surface area contributed by atoms with Gasteiger partial charge in [0.05, 0.1) is 16.6 Å². The van der Waals surface area contributed by atoms with Gasteiger partial charge in [0.25, 0.3) is 17.4 Å². The number of aromatic amines is 1. The average Bonchev–Trinajstić information content (AvgIpc) is 2.85. The van der Waals surface area contributed by atoms with Crippen LogP contribution in [0.3, 0.4) is 0 Å². The summed E-state index contributed by atoms with van der Waals surface area (Å²) in [5, 5.41) is 14.6. The van der Waals surface area contributed by atoms with E-state index in [1.54, 1.807) is 72.8 Å². The van der Waals surface area contributed by atoms with Gasteiger partial charge < -0.3 is 5.32 Å². The molecule has 3 N–H and O–H groups in total. The lowest BCUT2D eigenvalue weighted by atomic mass is 10.0. The fraction of sp³-hybridized carbons (Fsp3) is 0.0417. The zero-order chi connectivity index (χ0) is 24.1. The van der Waals surface area contributed by atoms with Gasteiger partial charge in [0.15, 0.2) is 6.04 Å². The Morgan fingerprint density at radius 2 is 1.68 bits per heavy atom. The van der Waals surface area contributed by atoms with Crippen LogP contribution in [0.2, 0.25) is 10.0 Å². The number of hydrazone groups is 1. The van der Waals surface area contributed by atoms with Crippen molar-refractivity contribution in [2.45, 2.75) is 6.04 Å². The number of H-pyrrole nitrogens is 1. The number of hydrogen-bond acceptors (Lipinski definition) is 5. The normalized spacial score (nSPS) is 11.9. The van der Waals surface area contributed by atoms with E-state index in [2.05, 4.69) is 26.0 Å². The predicted octanol–water partition coefficient (Wildman–Crippen LogP) is 3.85. The lowest BCUT2D eigenvalue weighted by Crippen LogP contribution is -2.40. The average molecular weight is 494 g/mol. The summed E-state index contributed by atoms with van der Waals surface area (Å²) in [6.07, 6.45) is 1.35. The van der Waals surface area contributed by atoms with Gasteiger partial charge in [-0.2, -0.15) is 10.2 Å². The molecule has 0 spiro atoms. The summed E-state index contributed by atoms with van der Waals surface area (Å²) >= 11 is 12.0. The van der Waals surface area contributed by atoms with E-state index in [4.69, 9.17) is 23.2 Å². The van der Waals surface area contributed by atoms with Crippen molar-refractivity contribution in [1.82, 2.24) is 20.9 Å². The smallest absolute Gasteiger partial charge is 0.272 e. The molecule has 4 aromatic rings. The Morgan fingerprint density at radius 3 is 2.41 bits per heavy atom. The van der Waals surface area contributed by atoms with Crippen LogP contribution in [-0.2, 0) is 4.79 Å². The summed E-state index contributed by atoms with van der Waals surface area (Å²) in [6.45, 7) is 0. The molecule has 2 amide bonds. The number of fused-ring (bicyclic) bond motifs is 1. The lowest BCUT2D eigenvalue weighted by Gasteiger charge is -2.18. The van der Waals surface area contributed by atoms with Gasteiger partial charge in [0.1, 0.15) is 5.69 Å². The minimum Gasteiger partial charge on any atom is -0.335 e. The van der Waals surface area contributed by atoms with Crippen LogP contribution in [-0.4, -0.2) is 28.2 Å². The first-order valence-electron chi connectivity index (χ1n) is 10.1. The Hall–Kier alpha value is -4.01. The van der Waals surface area contributed by atoms with Crippen molar-refractivity contribution in [2.75, 3.05) is 0 Å². The number of halogens is 2. The largest absolute Gasteiger partial charge is 0.335 e. The summed E-state index contributed by atoms with van der Waals surface area (Å²) in [4.78, 5) is 38.2. The summed E-state index contributed by atoms with van der Waals surface area (Å²) in [7, 11) is 0. The molecule has 1 atom stereocenters. The molecule has 1 aromatic heterocycles. The zero-order valence-electron chi connectivity index (χ0n) is 17.5. The van der Waals surface area contributed by atoms with E-state index < -0.39 is 23.4 Å². The molecular weight excluding hydrogens is 477 g/mol. The van der Waals surface area contributed by atoms with E-state index in [1.165, 1.54) is 6.21 Å². The predicted molar refractivity (Wildman–Crippen MR) is 131 cm³/mol. The molecule has 8 nitrogen and oxygen atoms in total. The van der Waals surface area contributed by atoms with Crippen molar-refractivity contribution >= 4 is 52.0 Å². The number of carbonyl (C=O) groups excluding carboxylic acids is 2. The second kappa shape index (κ2) is 10.3. The molecule has 0 saturated carbocycles. The molecule has 0 aliphatic rings. The third-order valence-electron chi connectivity index (χ3n) is 4.91. The van der Waals surface area contributed by atoms with Crippen LogP contribution >= 0.6 is 23.2 Å². The monoisotopic (exact) mass is 493 g/mol. The number of nitrogens with zero attached hydrogens (tertiary/aromatic N) is 2. The maximum absolute atomic E-state index is 13.1. The van der Waals surface area contributed by atoms with Crippen LogP contribution in [0.25, 0.3) is 10.8 Å². The Labute approximate surface area is 203 Å². The van der Waals surface area contributed by atoms with Gasteiger partial charge in [0.2, 0.25) is 0 Å². The summed E-state index contributed by atoms with van der Waals surface area (Å²) in [5.74, 6) is -1.17. The minimum atomic E-state index is -1.26. The molecule has 0 radical (unpaired) electrons. The fourth-order valence-corrected chi connectivity index (χ4v) is 3.71. The molecule has 170 valence electrons. The lowest BCUT2D eigenvalue weighted by molar-refractivity contribution is -0.123. The number of rotatable bonds is 6. The van der Waals surface area contributed by atoms with Crippen molar-refractivity contribution in [2.24, 2.45) is 5.10 Å². The highest BCUT2D eigenvalue weighted by Crippen LogP contribution is 2.21. The van der Waals surface area contributed by atoms with Crippen molar-refractivity contribution in [1.29, 1.82) is 0 Å². The Morgan fingerprint density at radius 1 is 0.971 bits per heavy atom. The van der Waals surface area contributed by atoms with E-state index in [9.17, 15) is 14.4 Å². The molecule has 0 aliphatic heterocycles. The molecule has 1 heterocycles. The van der Waals surface area contributed by atoms with E-state index in [0.29, 0.717) is 31.9 Å². The first-order chi connectivity index (χ1) is 16.4. The van der Waals surface area contributed by atoms with Crippen LogP contribution in [0.1, 0.15) is 27.7 Å². The number of amides is 2. The van der Waals surface area contributed by atoms with Gasteiger partial charge >= 0.3 is 0 Å². The van der Waals surface area contributed by atoms with Crippen LogP contribution < -0.4 is 16.3 Å². The van der Waals surface area contributed by atoms with Gasteiger partial charge in [-0.15, -0.1) is 0 Å². The van der Waals surface area contributed by atoms with Crippen LogP contribution in [0.5, 0.6) is 0 Å².